The van der Waals surface area contributed by atoms with Crippen LogP contribution < -0.4 is 10.1 Å². The Hall–Kier alpha value is -3.23. The van der Waals surface area contributed by atoms with E-state index in [0.29, 0.717) is 28.1 Å². The highest BCUT2D eigenvalue weighted by molar-refractivity contribution is 6.02. The van der Waals surface area contributed by atoms with Crippen molar-refractivity contribution in [2.75, 3.05) is 12.1 Å². The van der Waals surface area contributed by atoms with E-state index in [2.05, 4.69) is 5.32 Å². The highest BCUT2D eigenvalue weighted by Gasteiger charge is 2.19. The molecule has 3 rings (SSSR count). The Labute approximate surface area is 148 Å². The summed E-state index contributed by atoms with van der Waals surface area (Å²) in [4.78, 5) is 22.7. The maximum absolute atomic E-state index is 12.1. The van der Waals surface area contributed by atoms with Gasteiger partial charge in [-0.2, -0.15) is 0 Å². The molecule has 0 radical (unpaired) electrons. The van der Waals surface area contributed by atoms with Crippen LogP contribution in [0.1, 0.15) is 16.7 Å². The molecule has 0 atom stereocenters. The van der Waals surface area contributed by atoms with Crippen molar-refractivity contribution in [1.82, 2.24) is 0 Å². The number of hydrogen-bond acceptors (Lipinski definition) is 6. The van der Waals surface area contributed by atoms with Gasteiger partial charge < -0.3 is 19.9 Å². The number of nitrogens with zero attached hydrogens (tertiary/aromatic N) is 1. The van der Waals surface area contributed by atoms with Crippen molar-refractivity contribution < 1.29 is 24.3 Å². The molecule has 0 saturated heterocycles. The minimum atomic E-state index is -0.507. The molecule has 0 bridgehead atoms. The Bertz CT molecular complexity index is 878. The maximum Gasteiger partial charge on any atom is 0.270 e. The standard InChI is InChI=1S/C18H16N2O6/c21-9-12-2-1-3-15(6-12)19-17(22)5-4-13-7-16(20(23)24)8-14-10-25-11-26-18(13)14/h1-8,21H,9-11H2,(H,19,22)/b5-4+. The molecule has 1 aliphatic heterocycles. The molecule has 1 amide bonds. The number of amides is 1. The Morgan fingerprint density at radius 2 is 2.19 bits per heavy atom. The number of nitro groups is 1. The monoisotopic (exact) mass is 356 g/mol. The molecule has 0 spiro atoms. The predicted octanol–water partition coefficient (Wildman–Crippen LogP) is 2.61. The van der Waals surface area contributed by atoms with Gasteiger partial charge in [-0.15, -0.1) is 0 Å². The van der Waals surface area contributed by atoms with Crippen molar-refractivity contribution in [1.29, 1.82) is 0 Å². The van der Waals surface area contributed by atoms with Gasteiger partial charge in [0.1, 0.15) is 5.75 Å². The second kappa shape index (κ2) is 7.77. The normalized spacial score (nSPS) is 13.1. The van der Waals surface area contributed by atoms with Crippen LogP contribution >= 0.6 is 0 Å². The zero-order valence-electron chi connectivity index (χ0n) is 13.7. The summed E-state index contributed by atoms with van der Waals surface area (Å²) < 4.78 is 10.6. The summed E-state index contributed by atoms with van der Waals surface area (Å²) in [5, 5.41) is 22.9. The fourth-order valence-corrected chi connectivity index (χ4v) is 2.56. The Balaban J connectivity index is 1.81. The summed E-state index contributed by atoms with van der Waals surface area (Å²) >= 11 is 0. The summed E-state index contributed by atoms with van der Waals surface area (Å²) in [6.07, 6.45) is 2.73. The number of benzene rings is 2. The minimum Gasteiger partial charge on any atom is -0.467 e. The number of fused-ring (bicyclic) bond motifs is 1. The zero-order chi connectivity index (χ0) is 18.5. The molecule has 8 heteroatoms. The average Bonchev–Trinajstić information content (AvgIpc) is 2.66. The Morgan fingerprint density at radius 1 is 1.35 bits per heavy atom. The van der Waals surface area contributed by atoms with Crippen molar-refractivity contribution >= 4 is 23.4 Å². The molecule has 2 N–H and O–H groups in total. The number of nitro benzene ring substituents is 1. The van der Waals surface area contributed by atoms with Gasteiger partial charge in [-0.3, -0.25) is 14.9 Å². The summed E-state index contributed by atoms with van der Waals surface area (Å²) in [6, 6.07) is 9.55. The first-order valence-electron chi connectivity index (χ1n) is 7.77. The highest BCUT2D eigenvalue weighted by Crippen LogP contribution is 2.33. The SMILES string of the molecule is O=C(/C=C/c1cc([N+](=O)[O-])cc2c1OCOC2)Nc1cccc(CO)c1. The molecule has 2 aromatic carbocycles. The van der Waals surface area contributed by atoms with Gasteiger partial charge in [0, 0.05) is 35.0 Å². The molecule has 1 aliphatic rings. The first-order chi connectivity index (χ1) is 12.6. The molecule has 8 nitrogen and oxygen atoms in total. The van der Waals surface area contributed by atoms with Crippen LogP contribution in [0.5, 0.6) is 5.75 Å². The molecule has 26 heavy (non-hydrogen) atoms. The van der Waals surface area contributed by atoms with E-state index in [4.69, 9.17) is 14.6 Å². The van der Waals surface area contributed by atoms with Crippen LogP contribution in [0.25, 0.3) is 6.08 Å². The van der Waals surface area contributed by atoms with E-state index in [1.54, 1.807) is 24.3 Å². The van der Waals surface area contributed by atoms with Crippen LogP contribution in [0.4, 0.5) is 11.4 Å². The number of carbonyl (C=O) groups excluding carboxylic acids is 1. The van der Waals surface area contributed by atoms with Crippen LogP contribution in [-0.4, -0.2) is 22.7 Å². The maximum atomic E-state index is 12.1. The fraction of sp³-hybridized carbons (Fsp3) is 0.167. The van der Waals surface area contributed by atoms with Crippen molar-refractivity contribution in [2.24, 2.45) is 0 Å². The fourth-order valence-electron chi connectivity index (χ4n) is 2.56. The van der Waals surface area contributed by atoms with Crippen LogP contribution in [-0.2, 0) is 22.7 Å². The molecule has 0 aliphatic carbocycles. The van der Waals surface area contributed by atoms with Crippen molar-refractivity contribution in [3.63, 3.8) is 0 Å². The lowest BCUT2D eigenvalue weighted by Crippen LogP contribution is -2.13. The molecular weight excluding hydrogens is 340 g/mol. The van der Waals surface area contributed by atoms with E-state index in [1.165, 1.54) is 24.3 Å². The summed E-state index contributed by atoms with van der Waals surface area (Å²) in [5.74, 6) is 0.0561. The molecule has 0 fully saturated rings. The van der Waals surface area contributed by atoms with Gasteiger partial charge in [0.2, 0.25) is 5.91 Å². The number of rotatable bonds is 5. The second-order valence-electron chi connectivity index (χ2n) is 5.57. The first kappa shape index (κ1) is 17.6. The lowest BCUT2D eigenvalue weighted by atomic mass is 10.1. The largest absolute Gasteiger partial charge is 0.467 e. The van der Waals surface area contributed by atoms with Crippen molar-refractivity contribution in [2.45, 2.75) is 13.2 Å². The van der Waals surface area contributed by atoms with Gasteiger partial charge in [-0.1, -0.05) is 12.1 Å². The van der Waals surface area contributed by atoms with E-state index in [9.17, 15) is 14.9 Å². The van der Waals surface area contributed by atoms with Crippen LogP contribution in [0.2, 0.25) is 0 Å². The topological polar surface area (TPSA) is 111 Å². The molecule has 134 valence electrons. The highest BCUT2D eigenvalue weighted by atomic mass is 16.7. The van der Waals surface area contributed by atoms with Crippen LogP contribution in [0.15, 0.2) is 42.5 Å². The Kier molecular flexibility index (Phi) is 5.26. The van der Waals surface area contributed by atoms with E-state index in [1.807, 2.05) is 0 Å². The van der Waals surface area contributed by atoms with Crippen molar-refractivity contribution in [3.05, 3.63) is 69.3 Å². The van der Waals surface area contributed by atoms with E-state index in [-0.39, 0.29) is 25.7 Å². The van der Waals surface area contributed by atoms with Crippen LogP contribution in [0, 0.1) is 10.1 Å². The average molecular weight is 356 g/mol. The number of aliphatic hydroxyl groups excluding tert-OH is 1. The van der Waals surface area contributed by atoms with E-state index >= 15 is 0 Å². The second-order valence-corrected chi connectivity index (χ2v) is 5.57. The van der Waals surface area contributed by atoms with Gasteiger partial charge in [0.05, 0.1) is 18.1 Å². The smallest absolute Gasteiger partial charge is 0.270 e. The first-order valence-corrected chi connectivity index (χ1v) is 7.77. The van der Waals surface area contributed by atoms with Crippen molar-refractivity contribution in [3.8, 4) is 5.75 Å². The molecule has 0 unspecified atom stereocenters. The molecule has 0 aromatic heterocycles. The quantitative estimate of drug-likeness (QED) is 0.484. The van der Waals surface area contributed by atoms with Crippen LogP contribution in [0.3, 0.4) is 0 Å². The number of anilines is 1. The van der Waals surface area contributed by atoms with Gasteiger partial charge in [-0.05, 0) is 23.8 Å². The molecule has 0 saturated carbocycles. The number of aliphatic hydroxyl groups is 1. The van der Waals surface area contributed by atoms with E-state index in [0.717, 1.165) is 0 Å². The number of nitrogens with one attached hydrogen (secondary N) is 1. The van der Waals surface area contributed by atoms with Gasteiger partial charge in [0.25, 0.3) is 5.69 Å². The van der Waals surface area contributed by atoms with Gasteiger partial charge in [0.15, 0.2) is 6.79 Å². The summed E-state index contributed by atoms with van der Waals surface area (Å²) in [5.41, 5.74) is 2.09. The lowest BCUT2D eigenvalue weighted by molar-refractivity contribution is -0.385. The summed E-state index contributed by atoms with van der Waals surface area (Å²) in [6.45, 7) is 0.128. The minimum absolute atomic E-state index is 0.0474. The third-order valence-corrected chi connectivity index (χ3v) is 3.73. The van der Waals surface area contributed by atoms with Gasteiger partial charge >= 0.3 is 0 Å². The van der Waals surface area contributed by atoms with Gasteiger partial charge in [-0.25, -0.2) is 0 Å². The van der Waals surface area contributed by atoms with E-state index < -0.39 is 10.8 Å². The Morgan fingerprint density at radius 3 is 2.96 bits per heavy atom. The lowest BCUT2D eigenvalue weighted by Gasteiger charge is -2.19. The zero-order valence-corrected chi connectivity index (χ0v) is 13.7. The number of non-ortho nitro benzene ring substituents is 1. The molecular formula is C18H16N2O6. The number of ether oxygens (including phenoxy) is 2. The molecule has 1 heterocycles. The predicted molar refractivity (Wildman–Crippen MR) is 93.4 cm³/mol. The summed E-state index contributed by atoms with van der Waals surface area (Å²) in [7, 11) is 0. The number of carbonyl (C=O) groups is 1. The number of hydrogen-bond donors (Lipinski definition) is 2. The molecule has 2 aromatic rings. The third kappa shape index (κ3) is 4.05. The third-order valence-electron chi connectivity index (χ3n) is 3.73.